The molecule has 0 aromatic heterocycles. The Balaban J connectivity index is 3.20. The molecule has 0 bridgehead atoms. The minimum Gasteiger partial charge on any atom is -0.305 e. The van der Waals surface area contributed by atoms with Crippen LogP contribution in [0.4, 0.5) is 0 Å². The molecule has 0 fully saturated rings. The summed E-state index contributed by atoms with van der Waals surface area (Å²) in [6.07, 6.45) is 0. The molecule has 16 heavy (non-hydrogen) atoms. The summed E-state index contributed by atoms with van der Waals surface area (Å²) in [5.74, 6) is 0. The molecule has 1 rings (SSSR count). The van der Waals surface area contributed by atoms with Crippen LogP contribution in [-0.4, -0.2) is 13.2 Å². The third kappa shape index (κ3) is 3.17. The van der Waals surface area contributed by atoms with Crippen LogP contribution in [0.1, 0.15) is 19.4 Å². The zero-order valence-electron chi connectivity index (χ0n) is 9.70. The Morgan fingerprint density at radius 2 is 1.81 bits per heavy atom. The summed E-state index contributed by atoms with van der Waals surface area (Å²) in [5.41, 5.74) is 1.03. The molecule has 0 saturated carbocycles. The lowest BCUT2D eigenvalue weighted by atomic mass is 10.2. The number of aryl methyl sites for hydroxylation is 1. The lowest BCUT2D eigenvalue weighted by molar-refractivity contribution is 0.230. The molecule has 0 atom stereocenters. The molecule has 5 heteroatoms. The summed E-state index contributed by atoms with van der Waals surface area (Å²) in [5, 5.41) is 0.594. The van der Waals surface area contributed by atoms with E-state index in [0.717, 1.165) is 10.0 Å². The molecule has 0 aliphatic rings. The molecular formula is C11H16BrO3P. The topological polar surface area (TPSA) is 35.5 Å². The Morgan fingerprint density at radius 1 is 1.25 bits per heavy atom. The molecule has 0 heterocycles. The maximum atomic E-state index is 12.5. The molecule has 0 unspecified atom stereocenters. The minimum absolute atomic E-state index is 0.359. The van der Waals surface area contributed by atoms with Gasteiger partial charge in [-0.25, -0.2) is 0 Å². The molecule has 90 valence electrons. The number of halogens is 1. The average Bonchev–Trinajstić information content (AvgIpc) is 2.22. The number of rotatable bonds is 5. The van der Waals surface area contributed by atoms with Gasteiger partial charge in [0.15, 0.2) is 0 Å². The van der Waals surface area contributed by atoms with Gasteiger partial charge in [0.2, 0.25) is 0 Å². The van der Waals surface area contributed by atoms with Crippen LogP contribution in [0.5, 0.6) is 0 Å². The fourth-order valence-electron chi connectivity index (χ4n) is 1.35. The summed E-state index contributed by atoms with van der Waals surface area (Å²) >= 11 is 3.37. The maximum absolute atomic E-state index is 12.5. The molecule has 0 aliphatic carbocycles. The maximum Gasteiger partial charge on any atom is 0.362 e. The van der Waals surface area contributed by atoms with Gasteiger partial charge in [-0.05, 0) is 48.8 Å². The largest absolute Gasteiger partial charge is 0.362 e. The third-order valence-corrected chi connectivity index (χ3v) is 5.15. The monoisotopic (exact) mass is 306 g/mol. The highest BCUT2D eigenvalue weighted by Gasteiger charge is 2.29. The van der Waals surface area contributed by atoms with Gasteiger partial charge in [0.05, 0.1) is 18.5 Å². The van der Waals surface area contributed by atoms with Crippen molar-refractivity contribution in [2.24, 2.45) is 0 Å². The predicted molar refractivity (Wildman–Crippen MR) is 69.4 cm³/mol. The molecule has 0 aliphatic heterocycles. The molecule has 3 nitrogen and oxygen atoms in total. The van der Waals surface area contributed by atoms with Crippen molar-refractivity contribution >= 4 is 28.8 Å². The van der Waals surface area contributed by atoms with Crippen LogP contribution in [0.15, 0.2) is 22.7 Å². The van der Waals surface area contributed by atoms with E-state index >= 15 is 0 Å². The van der Waals surface area contributed by atoms with Gasteiger partial charge in [0.25, 0.3) is 0 Å². The van der Waals surface area contributed by atoms with E-state index < -0.39 is 7.60 Å². The average molecular weight is 307 g/mol. The molecular weight excluding hydrogens is 291 g/mol. The number of hydrogen-bond donors (Lipinski definition) is 0. The van der Waals surface area contributed by atoms with Crippen LogP contribution in [0.25, 0.3) is 0 Å². The Hall–Kier alpha value is -0.150. The molecule has 0 amide bonds. The predicted octanol–water partition coefficient (Wildman–Crippen LogP) is 3.65. The van der Waals surface area contributed by atoms with E-state index in [2.05, 4.69) is 15.9 Å². The van der Waals surface area contributed by atoms with Crippen molar-refractivity contribution < 1.29 is 13.6 Å². The molecule has 1 aromatic carbocycles. The fourth-order valence-corrected chi connectivity index (χ4v) is 3.98. The summed E-state index contributed by atoms with van der Waals surface area (Å²) in [7, 11) is -3.18. The van der Waals surface area contributed by atoms with E-state index in [-0.39, 0.29) is 0 Å². The quantitative estimate of drug-likeness (QED) is 0.779. The van der Waals surface area contributed by atoms with E-state index in [1.54, 1.807) is 13.8 Å². The lowest BCUT2D eigenvalue weighted by Crippen LogP contribution is -2.12. The SMILES string of the molecule is CCOP(=O)(OCC)c1cc(C)ccc1Br. The molecule has 0 spiro atoms. The Morgan fingerprint density at radius 3 is 2.31 bits per heavy atom. The van der Waals surface area contributed by atoms with Gasteiger partial charge in [-0.3, -0.25) is 4.57 Å². The van der Waals surface area contributed by atoms with Gasteiger partial charge < -0.3 is 9.05 Å². The zero-order valence-corrected chi connectivity index (χ0v) is 12.2. The summed E-state index contributed by atoms with van der Waals surface area (Å²) in [6, 6.07) is 5.63. The molecule has 0 radical (unpaired) electrons. The standard InChI is InChI=1S/C11H16BrO3P/c1-4-14-16(13,15-5-2)11-8-9(3)6-7-10(11)12/h6-8H,4-5H2,1-3H3. The second-order valence-corrected chi connectivity index (χ2v) is 6.14. The first kappa shape index (κ1) is 13.9. The van der Waals surface area contributed by atoms with E-state index in [9.17, 15) is 4.57 Å². The van der Waals surface area contributed by atoms with Crippen molar-refractivity contribution in [2.75, 3.05) is 13.2 Å². The molecule has 0 N–H and O–H groups in total. The number of benzene rings is 1. The number of hydrogen-bond acceptors (Lipinski definition) is 3. The van der Waals surface area contributed by atoms with Crippen molar-refractivity contribution in [1.82, 2.24) is 0 Å². The van der Waals surface area contributed by atoms with Gasteiger partial charge in [0.1, 0.15) is 0 Å². The van der Waals surface area contributed by atoms with Gasteiger partial charge >= 0.3 is 7.60 Å². The van der Waals surface area contributed by atoms with Crippen LogP contribution in [0.3, 0.4) is 0 Å². The van der Waals surface area contributed by atoms with Crippen LogP contribution in [0, 0.1) is 6.92 Å². The summed E-state index contributed by atoms with van der Waals surface area (Å²) in [4.78, 5) is 0. The van der Waals surface area contributed by atoms with Crippen LogP contribution in [-0.2, 0) is 13.6 Å². The zero-order chi connectivity index (χ0) is 12.2. The second kappa shape index (κ2) is 5.97. The van der Waals surface area contributed by atoms with Crippen LogP contribution in [0.2, 0.25) is 0 Å². The first-order chi connectivity index (χ1) is 7.53. The van der Waals surface area contributed by atoms with Crippen LogP contribution >= 0.6 is 23.5 Å². The normalized spacial score (nSPS) is 11.8. The third-order valence-electron chi connectivity index (χ3n) is 1.99. The lowest BCUT2D eigenvalue weighted by Gasteiger charge is -2.18. The van der Waals surface area contributed by atoms with Gasteiger partial charge in [0, 0.05) is 4.47 Å². The minimum atomic E-state index is -3.18. The van der Waals surface area contributed by atoms with E-state index in [0.29, 0.717) is 18.5 Å². The van der Waals surface area contributed by atoms with E-state index in [1.165, 1.54) is 0 Å². The highest BCUT2D eigenvalue weighted by atomic mass is 79.9. The summed E-state index contributed by atoms with van der Waals surface area (Å²) < 4.78 is 23.9. The second-order valence-electron chi connectivity index (χ2n) is 3.29. The Kier molecular flexibility index (Phi) is 5.19. The van der Waals surface area contributed by atoms with Crippen molar-refractivity contribution in [3.63, 3.8) is 0 Å². The first-order valence-electron chi connectivity index (χ1n) is 5.19. The Bertz CT molecular complexity index is 396. The van der Waals surface area contributed by atoms with Crippen LogP contribution < -0.4 is 5.30 Å². The summed E-state index contributed by atoms with van der Waals surface area (Å²) in [6.45, 7) is 6.26. The fraction of sp³-hybridized carbons (Fsp3) is 0.455. The Labute approximate surface area is 105 Å². The van der Waals surface area contributed by atoms with Crippen molar-refractivity contribution in [3.8, 4) is 0 Å². The smallest absolute Gasteiger partial charge is 0.305 e. The van der Waals surface area contributed by atoms with Crippen molar-refractivity contribution in [2.45, 2.75) is 20.8 Å². The van der Waals surface area contributed by atoms with Gasteiger partial charge in [-0.1, -0.05) is 11.6 Å². The van der Waals surface area contributed by atoms with Gasteiger partial charge in [-0.15, -0.1) is 0 Å². The highest BCUT2D eigenvalue weighted by molar-refractivity contribution is 9.10. The van der Waals surface area contributed by atoms with E-state index in [1.807, 2.05) is 25.1 Å². The molecule has 0 saturated heterocycles. The van der Waals surface area contributed by atoms with Crippen molar-refractivity contribution in [3.05, 3.63) is 28.2 Å². The van der Waals surface area contributed by atoms with Gasteiger partial charge in [-0.2, -0.15) is 0 Å². The van der Waals surface area contributed by atoms with Crippen molar-refractivity contribution in [1.29, 1.82) is 0 Å². The molecule has 1 aromatic rings. The van der Waals surface area contributed by atoms with E-state index in [4.69, 9.17) is 9.05 Å². The highest BCUT2D eigenvalue weighted by Crippen LogP contribution is 2.48. The first-order valence-corrected chi connectivity index (χ1v) is 7.53.